The second-order valence-electron chi connectivity index (χ2n) is 4.24. The summed E-state index contributed by atoms with van der Waals surface area (Å²) < 4.78 is 32.0. The van der Waals surface area contributed by atoms with Gasteiger partial charge in [-0.15, -0.1) is 0 Å². The second-order valence-corrected chi connectivity index (χ2v) is 4.24. The predicted molar refractivity (Wildman–Crippen MR) is 50.9 cm³/mol. The molecule has 2 aliphatic heterocycles. The number of hydrogen-bond acceptors (Lipinski definition) is 2. The van der Waals surface area contributed by atoms with E-state index < -0.39 is 11.6 Å². The molecule has 1 aromatic rings. The number of rotatable bonds is 0. The highest BCUT2D eigenvalue weighted by Gasteiger charge is 2.43. The molecule has 1 atom stereocenters. The van der Waals surface area contributed by atoms with E-state index in [1.807, 2.05) is 0 Å². The van der Waals surface area contributed by atoms with Gasteiger partial charge in [-0.25, -0.2) is 4.39 Å². The fourth-order valence-corrected chi connectivity index (χ4v) is 2.38. The minimum atomic E-state index is -0.851. The van der Waals surface area contributed by atoms with Gasteiger partial charge in [-0.05, 0) is 12.6 Å². The molecule has 2 aliphatic rings. The summed E-state index contributed by atoms with van der Waals surface area (Å²) in [7, 11) is 0. The fourth-order valence-electron chi connectivity index (χ4n) is 2.38. The Balaban J connectivity index is 2.03. The lowest BCUT2D eigenvalue weighted by Gasteiger charge is -2.21. The van der Waals surface area contributed by atoms with E-state index in [0.29, 0.717) is 13.0 Å². The first-order valence-electron chi connectivity index (χ1n) is 5.07. The first-order valence-corrected chi connectivity index (χ1v) is 5.07. The standard InChI is InChI=1S/C11H11F2NO/c12-8-2-1-7-5-11(3-4-14-6-11)15-10(7)9(8)13/h1-2,14H,3-6H2. The molecule has 0 amide bonds. The number of hydrogen-bond donors (Lipinski definition) is 1. The molecule has 0 saturated carbocycles. The van der Waals surface area contributed by atoms with Crippen LogP contribution in [0.3, 0.4) is 0 Å². The van der Waals surface area contributed by atoms with Crippen molar-refractivity contribution in [2.75, 3.05) is 13.1 Å². The lowest BCUT2D eigenvalue weighted by molar-refractivity contribution is 0.112. The van der Waals surface area contributed by atoms with Crippen molar-refractivity contribution in [3.63, 3.8) is 0 Å². The third-order valence-corrected chi connectivity index (χ3v) is 3.17. The second kappa shape index (κ2) is 2.92. The third kappa shape index (κ3) is 1.24. The lowest BCUT2D eigenvalue weighted by Crippen LogP contribution is -2.36. The van der Waals surface area contributed by atoms with Crippen LogP contribution >= 0.6 is 0 Å². The van der Waals surface area contributed by atoms with Gasteiger partial charge < -0.3 is 10.1 Å². The Bertz CT molecular complexity index is 413. The SMILES string of the molecule is Fc1ccc2c(c1F)OC1(CCNC1)C2. The van der Waals surface area contributed by atoms with Gasteiger partial charge in [0.25, 0.3) is 0 Å². The molecule has 0 aliphatic carbocycles. The molecule has 1 unspecified atom stereocenters. The van der Waals surface area contributed by atoms with Crippen LogP contribution in [0.4, 0.5) is 8.78 Å². The van der Waals surface area contributed by atoms with Gasteiger partial charge in [0, 0.05) is 24.9 Å². The van der Waals surface area contributed by atoms with Gasteiger partial charge in [-0.3, -0.25) is 0 Å². The normalized spacial score (nSPS) is 28.1. The van der Waals surface area contributed by atoms with E-state index in [2.05, 4.69) is 5.32 Å². The number of ether oxygens (including phenoxy) is 1. The van der Waals surface area contributed by atoms with E-state index in [4.69, 9.17) is 4.74 Å². The van der Waals surface area contributed by atoms with Crippen molar-refractivity contribution >= 4 is 0 Å². The van der Waals surface area contributed by atoms with Gasteiger partial charge >= 0.3 is 0 Å². The predicted octanol–water partition coefficient (Wildman–Crippen LogP) is 1.63. The minimum absolute atomic E-state index is 0.110. The Morgan fingerprint density at radius 2 is 2.20 bits per heavy atom. The molecule has 2 heterocycles. The Kier molecular flexibility index (Phi) is 1.77. The number of halogens is 2. The maximum atomic E-state index is 13.4. The van der Waals surface area contributed by atoms with E-state index in [-0.39, 0.29) is 11.4 Å². The molecule has 3 rings (SSSR count). The minimum Gasteiger partial charge on any atom is -0.482 e. The monoisotopic (exact) mass is 211 g/mol. The summed E-state index contributed by atoms with van der Waals surface area (Å²) in [5, 5.41) is 3.18. The molecule has 15 heavy (non-hydrogen) atoms. The van der Waals surface area contributed by atoms with Crippen molar-refractivity contribution in [2.24, 2.45) is 0 Å². The summed E-state index contributed by atoms with van der Waals surface area (Å²) >= 11 is 0. The Hall–Kier alpha value is -1.16. The molecular formula is C11H11F2NO. The van der Waals surface area contributed by atoms with Crippen LogP contribution in [-0.2, 0) is 6.42 Å². The molecular weight excluding hydrogens is 200 g/mol. The average Bonchev–Trinajstić information content (AvgIpc) is 2.81. The van der Waals surface area contributed by atoms with Crippen molar-refractivity contribution in [2.45, 2.75) is 18.4 Å². The van der Waals surface area contributed by atoms with Gasteiger partial charge in [-0.1, -0.05) is 6.07 Å². The maximum Gasteiger partial charge on any atom is 0.200 e. The van der Waals surface area contributed by atoms with Gasteiger partial charge in [-0.2, -0.15) is 4.39 Å². The summed E-state index contributed by atoms with van der Waals surface area (Å²) in [5.41, 5.74) is 0.439. The van der Waals surface area contributed by atoms with Crippen LogP contribution in [0.1, 0.15) is 12.0 Å². The number of benzene rings is 1. The molecule has 0 aromatic heterocycles. The van der Waals surface area contributed by atoms with Crippen molar-refractivity contribution in [3.8, 4) is 5.75 Å². The van der Waals surface area contributed by atoms with Crippen LogP contribution in [0.15, 0.2) is 12.1 Å². The van der Waals surface area contributed by atoms with Crippen LogP contribution in [-0.4, -0.2) is 18.7 Å². The highest BCUT2D eigenvalue weighted by atomic mass is 19.2. The zero-order valence-electron chi connectivity index (χ0n) is 8.15. The fraction of sp³-hybridized carbons (Fsp3) is 0.455. The van der Waals surface area contributed by atoms with Crippen LogP contribution in [0.2, 0.25) is 0 Å². The van der Waals surface area contributed by atoms with Gasteiger partial charge in [0.1, 0.15) is 5.60 Å². The molecule has 4 heteroatoms. The Morgan fingerprint density at radius 1 is 1.33 bits per heavy atom. The number of nitrogens with one attached hydrogen (secondary N) is 1. The summed E-state index contributed by atoms with van der Waals surface area (Å²) in [6.45, 7) is 1.58. The molecule has 1 saturated heterocycles. The van der Waals surface area contributed by atoms with Crippen molar-refractivity contribution in [1.29, 1.82) is 0 Å². The third-order valence-electron chi connectivity index (χ3n) is 3.17. The van der Waals surface area contributed by atoms with Crippen LogP contribution in [0.5, 0.6) is 5.75 Å². The highest BCUT2D eigenvalue weighted by Crippen LogP contribution is 2.40. The van der Waals surface area contributed by atoms with Crippen molar-refractivity contribution in [3.05, 3.63) is 29.3 Å². The Labute approximate surface area is 86.2 Å². The van der Waals surface area contributed by atoms with Crippen molar-refractivity contribution in [1.82, 2.24) is 5.32 Å². The quantitative estimate of drug-likeness (QED) is 0.704. The molecule has 0 bridgehead atoms. The largest absolute Gasteiger partial charge is 0.482 e. The van der Waals surface area contributed by atoms with Crippen molar-refractivity contribution < 1.29 is 13.5 Å². The molecule has 1 spiro atoms. The summed E-state index contributed by atoms with van der Waals surface area (Å²) in [6, 6.07) is 2.78. The zero-order chi connectivity index (χ0) is 10.5. The summed E-state index contributed by atoms with van der Waals surface area (Å²) in [5.74, 6) is -1.58. The molecule has 80 valence electrons. The number of fused-ring (bicyclic) bond motifs is 1. The van der Waals surface area contributed by atoms with Crippen LogP contribution in [0.25, 0.3) is 0 Å². The average molecular weight is 211 g/mol. The molecule has 0 radical (unpaired) electrons. The van der Waals surface area contributed by atoms with E-state index in [1.54, 1.807) is 6.07 Å². The highest BCUT2D eigenvalue weighted by molar-refractivity contribution is 5.41. The first-order chi connectivity index (χ1) is 7.20. The van der Waals surface area contributed by atoms with E-state index in [9.17, 15) is 8.78 Å². The van der Waals surface area contributed by atoms with Crippen LogP contribution in [0, 0.1) is 11.6 Å². The molecule has 1 N–H and O–H groups in total. The van der Waals surface area contributed by atoms with E-state index in [1.165, 1.54) is 6.07 Å². The topological polar surface area (TPSA) is 21.3 Å². The van der Waals surface area contributed by atoms with E-state index in [0.717, 1.165) is 18.5 Å². The molecule has 1 fully saturated rings. The van der Waals surface area contributed by atoms with Gasteiger partial charge in [0.15, 0.2) is 11.6 Å². The smallest absolute Gasteiger partial charge is 0.200 e. The molecule has 2 nitrogen and oxygen atoms in total. The van der Waals surface area contributed by atoms with Gasteiger partial charge in [0.2, 0.25) is 5.82 Å². The first kappa shape index (κ1) is 9.09. The lowest BCUT2D eigenvalue weighted by atomic mass is 9.96. The summed E-state index contributed by atoms with van der Waals surface area (Å²) in [4.78, 5) is 0. The molecule has 1 aromatic carbocycles. The summed E-state index contributed by atoms with van der Waals surface area (Å²) in [6.07, 6.45) is 1.52. The Morgan fingerprint density at radius 3 is 2.93 bits per heavy atom. The maximum absolute atomic E-state index is 13.4. The van der Waals surface area contributed by atoms with Crippen LogP contribution < -0.4 is 10.1 Å². The zero-order valence-corrected chi connectivity index (χ0v) is 8.15. The van der Waals surface area contributed by atoms with Gasteiger partial charge in [0.05, 0.1) is 0 Å². The van der Waals surface area contributed by atoms with E-state index >= 15 is 0 Å².